The molecular formula is C14H17F2NO2. The number of rotatable bonds is 3. The smallest absolute Gasteiger partial charge is 0.182 e. The second-order valence-electron chi connectivity index (χ2n) is 5.09. The highest BCUT2D eigenvalue weighted by Crippen LogP contribution is 2.18. The molecular weight excluding hydrogens is 252 g/mol. The molecule has 0 spiro atoms. The van der Waals surface area contributed by atoms with E-state index in [0.717, 1.165) is 18.6 Å². The first-order valence-corrected chi connectivity index (χ1v) is 6.36. The third-order valence-corrected chi connectivity index (χ3v) is 3.61. The molecule has 0 radical (unpaired) electrons. The molecule has 1 aliphatic rings. The Labute approximate surface area is 110 Å². The predicted molar refractivity (Wildman–Crippen MR) is 66.9 cm³/mol. The van der Waals surface area contributed by atoms with Gasteiger partial charge in [-0.05, 0) is 31.0 Å². The topological polar surface area (TPSA) is 40.5 Å². The van der Waals surface area contributed by atoms with Crippen LogP contribution in [0.25, 0.3) is 0 Å². The Morgan fingerprint density at radius 1 is 1.42 bits per heavy atom. The number of β-amino-alcohol motifs (C(OH)–C–C–N with tert-alkyl or cyclic N) is 1. The molecule has 0 bridgehead atoms. The number of hydrogen-bond donors (Lipinski definition) is 1. The molecule has 1 saturated heterocycles. The summed E-state index contributed by atoms with van der Waals surface area (Å²) in [5.41, 5.74) is -0.490. The van der Waals surface area contributed by atoms with E-state index in [4.69, 9.17) is 0 Å². The summed E-state index contributed by atoms with van der Waals surface area (Å²) >= 11 is 0. The molecule has 0 aliphatic carbocycles. The van der Waals surface area contributed by atoms with E-state index in [1.165, 1.54) is 6.07 Å². The third kappa shape index (κ3) is 3.16. The van der Waals surface area contributed by atoms with Crippen LogP contribution in [-0.4, -0.2) is 41.5 Å². The monoisotopic (exact) mass is 269 g/mol. The maximum Gasteiger partial charge on any atom is 0.182 e. The number of carbonyl (C=O) groups is 1. The zero-order valence-corrected chi connectivity index (χ0v) is 10.8. The number of nitrogens with zero attached hydrogens (tertiary/aromatic N) is 1. The Morgan fingerprint density at radius 2 is 2.05 bits per heavy atom. The zero-order chi connectivity index (χ0) is 14.0. The molecule has 3 nitrogen and oxygen atoms in total. The zero-order valence-electron chi connectivity index (χ0n) is 10.8. The number of ketones is 1. The van der Waals surface area contributed by atoms with E-state index < -0.39 is 29.1 Å². The first kappa shape index (κ1) is 14.1. The van der Waals surface area contributed by atoms with Gasteiger partial charge in [-0.15, -0.1) is 0 Å². The highest BCUT2D eigenvalue weighted by molar-refractivity contribution is 5.98. The van der Waals surface area contributed by atoms with Crippen molar-refractivity contribution in [2.24, 2.45) is 5.92 Å². The number of aliphatic hydroxyl groups is 1. The van der Waals surface area contributed by atoms with Crippen molar-refractivity contribution in [1.29, 1.82) is 0 Å². The Bertz CT molecular complexity index is 458. The van der Waals surface area contributed by atoms with Gasteiger partial charge in [-0.3, -0.25) is 9.69 Å². The van der Waals surface area contributed by atoms with Crippen LogP contribution >= 0.6 is 0 Å². The molecule has 1 heterocycles. The molecule has 5 heteroatoms. The minimum atomic E-state index is -0.837. The summed E-state index contributed by atoms with van der Waals surface area (Å²) in [6, 6.07) is 3.38. The van der Waals surface area contributed by atoms with Gasteiger partial charge in [0.1, 0.15) is 11.6 Å². The molecule has 0 amide bonds. The fourth-order valence-electron chi connectivity index (χ4n) is 2.30. The minimum absolute atomic E-state index is 0.0678. The molecule has 1 aromatic rings. The predicted octanol–water partition coefficient (Wildman–Crippen LogP) is 1.85. The molecule has 2 rings (SSSR count). The summed E-state index contributed by atoms with van der Waals surface area (Å²) in [5.74, 6) is -2.07. The second kappa shape index (κ2) is 5.75. The lowest BCUT2D eigenvalue weighted by molar-refractivity contribution is 0.0293. The Kier molecular flexibility index (Phi) is 4.27. The van der Waals surface area contributed by atoms with E-state index in [1.54, 1.807) is 4.90 Å². The lowest BCUT2D eigenvalue weighted by Gasteiger charge is -2.33. The van der Waals surface area contributed by atoms with Crippen molar-refractivity contribution >= 4 is 5.78 Å². The lowest BCUT2D eigenvalue weighted by atomic mass is 9.95. The molecule has 1 fully saturated rings. The Hall–Kier alpha value is -1.33. The van der Waals surface area contributed by atoms with E-state index in [9.17, 15) is 18.7 Å². The number of halogens is 2. The molecule has 0 aromatic heterocycles. The standard InChI is InChI=1S/C14H17F2NO2/c1-9-5-6-17(7-12(9)18)8-13(19)14-10(15)3-2-4-11(14)16/h2-4,9,12,18H,5-8H2,1H3. The van der Waals surface area contributed by atoms with Gasteiger partial charge in [-0.2, -0.15) is 0 Å². The molecule has 1 N–H and O–H groups in total. The quantitative estimate of drug-likeness (QED) is 0.851. The molecule has 19 heavy (non-hydrogen) atoms. The SMILES string of the molecule is CC1CCN(CC(=O)c2c(F)cccc2F)CC1O. The van der Waals surface area contributed by atoms with Crippen molar-refractivity contribution in [2.75, 3.05) is 19.6 Å². The average Bonchev–Trinajstić information content (AvgIpc) is 2.33. The summed E-state index contributed by atoms with van der Waals surface area (Å²) in [6.07, 6.45) is 0.279. The lowest BCUT2D eigenvalue weighted by Crippen LogP contribution is -2.45. The maximum atomic E-state index is 13.5. The number of carbonyl (C=O) groups excluding carboxylic acids is 1. The van der Waals surface area contributed by atoms with Crippen LogP contribution in [0.15, 0.2) is 18.2 Å². The van der Waals surface area contributed by atoms with Crippen LogP contribution in [0, 0.1) is 17.6 Å². The van der Waals surface area contributed by atoms with Crippen LogP contribution < -0.4 is 0 Å². The van der Waals surface area contributed by atoms with Crippen LogP contribution in [0.2, 0.25) is 0 Å². The minimum Gasteiger partial charge on any atom is -0.392 e. The molecule has 1 aliphatic heterocycles. The van der Waals surface area contributed by atoms with Gasteiger partial charge < -0.3 is 5.11 Å². The number of benzene rings is 1. The Balaban J connectivity index is 2.06. The van der Waals surface area contributed by atoms with Crippen molar-refractivity contribution in [3.05, 3.63) is 35.4 Å². The normalized spacial score (nSPS) is 24.4. The van der Waals surface area contributed by atoms with Gasteiger partial charge in [0, 0.05) is 6.54 Å². The fraction of sp³-hybridized carbons (Fsp3) is 0.500. The Morgan fingerprint density at radius 3 is 2.63 bits per heavy atom. The summed E-state index contributed by atoms with van der Waals surface area (Å²) in [7, 11) is 0. The van der Waals surface area contributed by atoms with Crippen LogP contribution in [-0.2, 0) is 0 Å². The van der Waals surface area contributed by atoms with E-state index in [1.807, 2.05) is 6.92 Å². The summed E-state index contributed by atoms with van der Waals surface area (Å²) in [5, 5.41) is 9.74. The van der Waals surface area contributed by atoms with Gasteiger partial charge in [0.25, 0.3) is 0 Å². The van der Waals surface area contributed by atoms with Crippen LogP contribution in [0.4, 0.5) is 8.78 Å². The maximum absolute atomic E-state index is 13.5. The number of likely N-dealkylation sites (tertiary alicyclic amines) is 1. The summed E-state index contributed by atoms with van der Waals surface area (Å²) < 4.78 is 26.9. The molecule has 104 valence electrons. The largest absolute Gasteiger partial charge is 0.392 e. The highest BCUT2D eigenvalue weighted by atomic mass is 19.1. The van der Waals surface area contributed by atoms with E-state index >= 15 is 0 Å². The highest BCUT2D eigenvalue weighted by Gasteiger charge is 2.27. The number of Topliss-reactive ketones (excluding diaryl/α,β-unsaturated/α-hetero) is 1. The van der Waals surface area contributed by atoms with Gasteiger partial charge in [0.2, 0.25) is 0 Å². The second-order valence-corrected chi connectivity index (χ2v) is 5.09. The van der Waals surface area contributed by atoms with Gasteiger partial charge in [0.05, 0.1) is 18.2 Å². The van der Waals surface area contributed by atoms with Crippen molar-refractivity contribution in [2.45, 2.75) is 19.4 Å². The van der Waals surface area contributed by atoms with E-state index in [2.05, 4.69) is 0 Å². The first-order valence-electron chi connectivity index (χ1n) is 6.36. The van der Waals surface area contributed by atoms with Crippen LogP contribution in [0.1, 0.15) is 23.7 Å². The fourth-order valence-corrected chi connectivity index (χ4v) is 2.30. The first-order chi connectivity index (χ1) is 8.99. The number of piperidine rings is 1. The summed E-state index contributed by atoms with van der Waals surface area (Å²) in [6.45, 7) is 2.89. The number of hydrogen-bond acceptors (Lipinski definition) is 3. The summed E-state index contributed by atoms with van der Waals surface area (Å²) in [4.78, 5) is 13.7. The third-order valence-electron chi connectivity index (χ3n) is 3.61. The van der Waals surface area contributed by atoms with Crippen LogP contribution in [0.5, 0.6) is 0 Å². The van der Waals surface area contributed by atoms with Crippen molar-refractivity contribution in [1.82, 2.24) is 4.90 Å². The van der Waals surface area contributed by atoms with Crippen molar-refractivity contribution in [3.63, 3.8) is 0 Å². The van der Waals surface area contributed by atoms with Gasteiger partial charge in [-0.1, -0.05) is 13.0 Å². The van der Waals surface area contributed by atoms with Crippen molar-refractivity contribution in [3.8, 4) is 0 Å². The van der Waals surface area contributed by atoms with E-state index in [-0.39, 0.29) is 12.5 Å². The van der Waals surface area contributed by atoms with Crippen molar-refractivity contribution < 1.29 is 18.7 Å². The molecule has 2 unspecified atom stereocenters. The van der Waals surface area contributed by atoms with E-state index in [0.29, 0.717) is 13.1 Å². The van der Waals surface area contributed by atoms with Gasteiger partial charge in [0.15, 0.2) is 5.78 Å². The average molecular weight is 269 g/mol. The van der Waals surface area contributed by atoms with Gasteiger partial charge >= 0.3 is 0 Å². The number of aliphatic hydroxyl groups excluding tert-OH is 1. The molecule has 2 atom stereocenters. The molecule has 1 aromatic carbocycles. The molecule has 0 saturated carbocycles. The van der Waals surface area contributed by atoms with Crippen LogP contribution in [0.3, 0.4) is 0 Å². The van der Waals surface area contributed by atoms with Gasteiger partial charge in [-0.25, -0.2) is 8.78 Å².